The molecule has 2 amide bonds. The second kappa shape index (κ2) is 15.6. The minimum atomic E-state index is -1.27. The molecule has 16 nitrogen and oxygen atoms in total. The summed E-state index contributed by atoms with van der Waals surface area (Å²) in [4.78, 5) is 54.7. The zero-order chi connectivity index (χ0) is 38.1. The number of aromatic nitrogens is 3. The maximum absolute atomic E-state index is 15.3. The summed E-state index contributed by atoms with van der Waals surface area (Å²) in [5.74, 6) is -2.77. The van der Waals surface area contributed by atoms with E-state index in [-0.39, 0.29) is 57.4 Å². The highest BCUT2D eigenvalue weighted by Gasteiger charge is 2.55. The lowest BCUT2D eigenvalue weighted by molar-refractivity contribution is -0.687. The molecule has 6 N–H and O–H groups in total. The Kier molecular flexibility index (Phi) is 10.7. The molecule has 4 aromatic rings. The van der Waals surface area contributed by atoms with E-state index in [1.807, 2.05) is 39.9 Å². The number of thioether (sulfide) groups is 1. The number of hydrogen-bond acceptors (Lipinski definition) is 12. The van der Waals surface area contributed by atoms with Crippen LogP contribution in [0.5, 0.6) is 0 Å². The SMILES string of the molecule is CO/N=C(\C(=O)N[C@@H]1C(=O)N2C(C(=O)O)=C(C[n+]3ccc4ccn(Cc5ccc(/C(N)=N/OC6CCOCC6)cc5F)c4c3)CS[C@H]12)c1nc(N)sc1Cl. The number of carboxylic acids is 1. The lowest BCUT2D eigenvalue weighted by atomic mass is 10.0. The van der Waals surface area contributed by atoms with Crippen LogP contribution in [0.3, 0.4) is 0 Å². The molecule has 0 bridgehead atoms. The van der Waals surface area contributed by atoms with E-state index in [1.165, 1.54) is 29.8 Å². The number of β-lactam (4-membered cyclic amide) rings is 1. The number of carboxylic acid groups (broad SMARTS) is 1. The highest BCUT2D eigenvalue weighted by atomic mass is 35.5. The number of nitrogens with two attached hydrogens (primary N) is 2. The number of hydrogen-bond donors (Lipinski definition) is 4. The topological polar surface area (TPSA) is 213 Å². The number of aliphatic carboxylic acids is 1. The first-order chi connectivity index (χ1) is 26.0. The summed E-state index contributed by atoms with van der Waals surface area (Å²) in [5.41, 5.74) is 13.5. The third-order valence-corrected chi connectivity index (χ3v) is 11.5. The maximum atomic E-state index is 15.3. The van der Waals surface area contributed by atoms with Crippen molar-refractivity contribution in [2.45, 2.75) is 43.5 Å². The van der Waals surface area contributed by atoms with Crippen LogP contribution in [-0.4, -0.2) is 92.5 Å². The fourth-order valence-electron chi connectivity index (χ4n) is 6.37. The molecule has 0 aliphatic carbocycles. The number of carbonyl (C=O) groups is 3. The Hall–Kier alpha value is -5.24. The fourth-order valence-corrected chi connectivity index (χ4v) is 8.63. The summed E-state index contributed by atoms with van der Waals surface area (Å²) in [6.45, 7) is 1.56. The van der Waals surface area contributed by atoms with E-state index in [0.717, 1.165) is 22.2 Å². The van der Waals surface area contributed by atoms with Gasteiger partial charge in [0.15, 0.2) is 35.6 Å². The number of ether oxygens (including phenoxy) is 1. The Balaban J connectivity index is 1.05. The predicted molar refractivity (Wildman–Crippen MR) is 198 cm³/mol. The highest BCUT2D eigenvalue weighted by molar-refractivity contribution is 8.00. The van der Waals surface area contributed by atoms with Crippen LogP contribution in [0.25, 0.3) is 10.9 Å². The molecule has 20 heteroatoms. The largest absolute Gasteiger partial charge is 0.477 e. The van der Waals surface area contributed by atoms with Gasteiger partial charge >= 0.3 is 5.97 Å². The number of nitrogen functional groups attached to an aromatic ring is 1. The summed E-state index contributed by atoms with van der Waals surface area (Å²) >= 11 is 8.44. The molecular weight excluding hydrogens is 765 g/mol. The number of nitrogens with one attached hydrogen (secondary N) is 1. The zero-order valence-electron chi connectivity index (χ0n) is 28.6. The van der Waals surface area contributed by atoms with Gasteiger partial charge in [-0.3, -0.25) is 14.5 Å². The Bertz CT molecular complexity index is 2240. The summed E-state index contributed by atoms with van der Waals surface area (Å²) in [7, 11) is 1.24. The number of anilines is 1. The molecule has 3 aliphatic rings. The number of amides is 2. The number of oxime groups is 2. The van der Waals surface area contributed by atoms with Gasteiger partial charge < -0.3 is 40.9 Å². The number of halogens is 2. The van der Waals surface area contributed by atoms with Gasteiger partial charge in [0.05, 0.1) is 19.8 Å². The van der Waals surface area contributed by atoms with E-state index in [4.69, 9.17) is 37.5 Å². The van der Waals surface area contributed by atoms with E-state index in [9.17, 15) is 19.5 Å². The van der Waals surface area contributed by atoms with Crippen LogP contribution >= 0.6 is 34.7 Å². The summed E-state index contributed by atoms with van der Waals surface area (Å²) in [5, 5.41) is 20.9. The van der Waals surface area contributed by atoms with Crippen molar-refractivity contribution in [2.75, 3.05) is 31.8 Å². The van der Waals surface area contributed by atoms with Crippen LogP contribution in [0.4, 0.5) is 9.52 Å². The molecule has 3 aliphatic heterocycles. The molecule has 0 saturated carbocycles. The van der Waals surface area contributed by atoms with Gasteiger partial charge in [0.25, 0.3) is 11.8 Å². The van der Waals surface area contributed by atoms with Crippen molar-refractivity contribution in [1.29, 1.82) is 0 Å². The molecular formula is C34H34ClFN9O7S2+. The molecule has 7 rings (SSSR count). The average molecular weight is 799 g/mol. The molecule has 0 spiro atoms. The number of pyridine rings is 1. The first-order valence-corrected chi connectivity index (χ1v) is 18.8. The second-order valence-corrected chi connectivity index (χ2v) is 15.3. The molecule has 2 atom stereocenters. The number of benzene rings is 1. The van der Waals surface area contributed by atoms with Crippen molar-refractivity contribution in [3.63, 3.8) is 0 Å². The smallest absolute Gasteiger partial charge is 0.352 e. The molecule has 2 fully saturated rings. The molecule has 54 heavy (non-hydrogen) atoms. The van der Waals surface area contributed by atoms with Crippen molar-refractivity contribution in [1.82, 2.24) is 19.8 Å². The summed E-state index contributed by atoms with van der Waals surface area (Å²) in [6, 6.07) is 7.41. The zero-order valence-corrected chi connectivity index (χ0v) is 31.0. The number of rotatable bonds is 12. The van der Waals surface area contributed by atoms with Gasteiger partial charge in [-0.2, -0.15) is 4.57 Å². The quantitative estimate of drug-likeness (QED) is 0.0537. The van der Waals surface area contributed by atoms with E-state index < -0.39 is 35.0 Å². The first-order valence-electron chi connectivity index (χ1n) is 16.6. The molecule has 0 unspecified atom stereocenters. The van der Waals surface area contributed by atoms with Gasteiger partial charge in [-0.1, -0.05) is 45.4 Å². The van der Waals surface area contributed by atoms with E-state index in [2.05, 4.69) is 20.6 Å². The fraction of sp³-hybridized carbons (Fsp3) is 0.324. The monoisotopic (exact) mass is 798 g/mol. The van der Waals surface area contributed by atoms with Gasteiger partial charge in [0, 0.05) is 52.9 Å². The highest BCUT2D eigenvalue weighted by Crippen LogP contribution is 2.40. The molecule has 3 aromatic heterocycles. The first kappa shape index (κ1) is 37.1. The van der Waals surface area contributed by atoms with Gasteiger partial charge in [-0.25, -0.2) is 14.2 Å². The number of nitrogens with zero attached hydrogens (tertiary/aromatic N) is 6. The van der Waals surface area contributed by atoms with Gasteiger partial charge in [-0.15, -0.1) is 11.8 Å². The molecule has 282 valence electrons. The Morgan fingerprint density at radius 3 is 2.74 bits per heavy atom. The van der Waals surface area contributed by atoms with Crippen LogP contribution in [0.1, 0.15) is 29.7 Å². The van der Waals surface area contributed by atoms with E-state index >= 15 is 4.39 Å². The molecule has 0 radical (unpaired) electrons. The summed E-state index contributed by atoms with van der Waals surface area (Å²) in [6.07, 6.45) is 6.83. The number of thiazole rings is 1. The molecule has 2 saturated heterocycles. The Morgan fingerprint density at radius 1 is 1.24 bits per heavy atom. The van der Waals surface area contributed by atoms with E-state index in [0.29, 0.717) is 42.8 Å². The minimum Gasteiger partial charge on any atom is -0.477 e. The van der Waals surface area contributed by atoms with Crippen molar-refractivity contribution in [2.24, 2.45) is 16.0 Å². The number of carbonyl (C=O) groups excluding carboxylic acids is 2. The van der Waals surface area contributed by atoms with Gasteiger partial charge in [0.1, 0.15) is 51.7 Å². The molecule has 1 aromatic carbocycles. The van der Waals surface area contributed by atoms with Crippen LogP contribution < -0.4 is 21.4 Å². The predicted octanol–water partition coefficient (Wildman–Crippen LogP) is 2.41. The lowest BCUT2D eigenvalue weighted by Gasteiger charge is -2.49. The van der Waals surface area contributed by atoms with Gasteiger partial charge in [-0.05, 0) is 12.1 Å². The standard InChI is InChI=1S/C34H33ClFN9O7S2/c1-50-41-25(24-28(35)54-34(38)40-24)30(46)39-26-31(47)45-27(33(48)49)20(16-53-32(26)45)13-43-8-4-17-5-9-44(23(17)15-43)14-19-3-2-18(12-22(19)36)29(37)42-52-21-6-10-51-11-7-21/h2-5,8-9,12,15,21,26,32H,6-7,10-11,13-14,16H2,1H3,(H5-,37,38,39,40,42,46,48,49)/p+1/b41-25-/t26-,32-/m1/s1. The minimum absolute atomic E-state index is 0.00207. The van der Waals surface area contributed by atoms with Crippen molar-refractivity contribution >= 4 is 80.1 Å². The number of amidine groups is 1. The van der Waals surface area contributed by atoms with Crippen LogP contribution in [-0.2, 0) is 41.9 Å². The lowest BCUT2D eigenvalue weighted by Crippen LogP contribution is -2.71. The Labute approximate surface area is 320 Å². The van der Waals surface area contributed by atoms with Crippen molar-refractivity contribution < 1.29 is 42.9 Å². The third-order valence-electron chi connectivity index (χ3n) is 9.07. The maximum Gasteiger partial charge on any atom is 0.352 e. The summed E-state index contributed by atoms with van der Waals surface area (Å²) < 4.78 is 24.5. The van der Waals surface area contributed by atoms with Crippen LogP contribution in [0.2, 0.25) is 4.34 Å². The molecule has 6 heterocycles. The second-order valence-electron chi connectivity index (χ2n) is 12.5. The van der Waals surface area contributed by atoms with Gasteiger partial charge in [0.2, 0.25) is 0 Å². The Morgan fingerprint density at radius 2 is 2.04 bits per heavy atom. The van der Waals surface area contributed by atoms with E-state index in [1.54, 1.807) is 12.1 Å². The average Bonchev–Trinajstić information content (AvgIpc) is 3.72. The number of fused-ring (bicyclic) bond motifs is 2. The third kappa shape index (κ3) is 7.43. The van der Waals surface area contributed by atoms with Crippen molar-refractivity contribution in [3.8, 4) is 0 Å². The van der Waals surface area contributed by atoms with Crippen LogP contribution in [0, 0.1) is 5.82 Å². The van der Waals surface area contributed by atoms with Crippen molar-refractivity contribution in [3.05, 3.63) is 87.2 Å². The normalized spacial score (nSPS) is 19.5. The van der Waals surface area contributed by atoms with Crippen LogP contribution in [0.15, 0.2) is 70.5 Å².